The number of amides is 4. The summed E-state index contributed by atoms with van der Waals surface area (Å²) in [6.07, 6.45) is 5.12. The third-order valence-corrected chi connectivity index (χ3v) is 8.66. The molecule has 6 rings (SSSR count). The number of terminal acetylenes is 1. The first-order chi connectivity index (χ1) is 22.8. The highest BCUT2D eigenvalue weighted by molar-refractivity contribution is 5.92. The van der Waals surface area contributed by atoms with Gasteiger partial charge in [0.25, 0.3) is 0 Å². The van der Waals surface area contributed by atoms with E-state index >= 15 is 0 Å². The SMILES string of the molecule is C#CCN(C(=O)NCc1ccc(OC)cc1)N1CC(=O)N2[C@@H](Cc3ccc(O)c(O)c3)C(=O)N(Cc3cccc4ccccc34)C[C@@H]21. The van der Waals surface area contributed by atoms with E-state index in [1.165, 1.54) is 22.0 Å². The zero-order valence-electron chi connectivity index (χ0n) is 25.9. The van der Waals surface area contributed by atoms with Crippen LogP contribution in [0, 0.1) is 12.3 Å². The number of rotatable bonds is 9. The third kappa shape index (κ3) is 6.36. The number of methoxy groups -OCH3 is 1. The Labute approximate surface area is 272 Å². The van der Waals surface area contributed by atoms with E-state index in [-0.39, 0.29) is 62.5 Å². The maximum atomic E-state index is 14.2. The molecule has 0 radical (unpaired) electrons. The van der Waals surface area contributed by atoms with Crippen LogP contribution in [0.2, 0.25) is 0 Å². The molecule has 0 spiro atoms. The van der Waals surface area contributed by atoms with Crippen molar-refractivity contribution in [2.24, 2.45) is 0 Å². The van der Waals surface area contributed by atoms with Gasteiger partial charge in [-0.1, -0.05) is 66.6 Å². The summed E-state index contributed by atoms with van der Waals surface area (Å²) in [6, 6.07) is 24.1. The molecule has 0 aromatic heterocycles. The van der Waals surface area contributed by atoms with Crippen LogP contribution in [0.15, 0.2) is 84.9 Å². The molecule has 47 heavy (non-hydrogen) atoms. The van der Waals surface area contributed by atoms with Crippen molar-refractivity contribution in [1.29, 1.82) is 0 Å². The van der Waals surface area contributed by atoms with Gasteiger partial charge in [-0.3, -0.25) is 9.59 Å². The number of phenols is 2. The molecular formula is C36H35N5O6. The Morgan fingerprint density at radius 2 is 1.74 bits per heavy atom. The Hall–Kier alpha value is -5.73. The Morgan fingerprint density at radius 3 is 2.49 bits per heavy atom. The fourth-order valence-corrected chi connectivity index (χ4v) is 6.32. The zero-order chi connectivity index (χ0) is 33.1. The van der Waals surface area contributed by atoms with E-state index in [9.17, 15) is 24.6 Å². The molecule has 0 aliphatic carbocycles. The number of hydrazine groups is 1. The van der Waals surface area contributed by atoms with E-state index in [2.05, 4.69) is 11.2 Å². The number of carbonyl (C=O) groups is 3. The molecule has 4 aromatic rings. The van der Waals surface area contributed by atoms with Gasteiger partial charge in [-0.25, -0.2) is 9.80 Å². The maximum Gasteiger partial charge on any atom is 0.333 e. The lowest BCUT2D eigenvalue weighted by atomic mass is 9.98. The van der Waals surface area contributed by atoms with Crippen molar-refractivity contribution >= 4 is 28.6 Å². The highest BCUT2D eigenvalue weighted by atomic mass is 16.5. The zero-order valence-corrected chi connectivity index (χ0v) is 25.9. The van der Waals surface area contributed by atoms with Gasteiger partial charge in [-0.2, -0.15) is 5.01 Å². The number of nitrogens with zero attached hydrogens (tertiary/aromatic N) is 4. The minimum absolute atomic E-state index is 0.0909. The van der Waals surface area contributed by atoms with Crippen molar-refractivity contribution in [3.05, 3.63) is 102 Å². The molecule has 4 amide bonds. The number of aromatic hydroxyl groups is 2. The van der Waals surface area contributed by atoms with Crippen molar-refractivity contribution in [3.8, 4) is 29.6 Å². The van der Waals surface area contributed by atoms with E-state index in [4.69, 9.17) is 11.2 Å². The number of carbonyl (C=O) groups excluding carboxylic acids is 3. The number of urea groups is 1. The van der Waals surface area contributed by atoms with E-state index < -0.39 is 18.2 Å². The number of hydrogen-bond acceptors (Lipinski definition) is 7. The number of fused-ring (bicyclic) bond motifs is 2. The van der Waals surface area contributed by atoms with Crippen LogP contribution in [0.1, 0.15) is 16.7 Å². The Kier molecular flexibility index (Phi) is 8.86. The molecule has 4 aromatic carbocycles. The van der Waals surface area contributed by atoms with Crippen molar-refractivity contribution in [3.63, 3.8) is 0 Å². The lowest BCUT2D eigenvalue weighted by molar-refractivity contribution is -0.157. The molecule has 2 heterocycles. The number of piperazine rings is 1. The molecule has 0 saturated carbocycles. The van der Waals surface area contributed by atoms with Crippen LogP contribution in [0.5, 0.6) is 17.2 Å². The van der Waals surface area contributed by atoms with Crippen LogP contribution in [0.25, 0.3) is 10.8 Å². The number of hydrogen-bond donors (Lipinski definition) is 3. The average molecular weight is 634 g/mol. The van der Waals surface area contributed by atoms with Crippen LogP contribution in [-0.2, 0) is 29.1 Å². The van der Waals surface area contributed by atoms with Crippen LogP contribution < -0.4 is 10.1 Å². The summed E-state index contributed by atoms with van der Waals surface area (Å²) in [5, 5.41) is 28.0. The second-order valence-corrected chi connectivity index (χ2v) is 11.5. The first kappa shape index (κ1) is 31.3. The third-order valence-electron chi connectivity index (χ3n) is 8.66. The van der Waals surface area contributed by atoms with Crippen LogP contribution in [0.4, 0.5) is 4.79 Å². The molecule has 2 fully saturated rings. The summed E-state index contributed by atoms with van der Waals surface area (Å²) in [7, 11) is 1.58. The minimum atomic E-state index is -0.930. The highest BCUT2D eigenvalue weighted by Gasteiger charge is 2.52. The van der Waals surface area contributed by atoms with Crippen molar-refractivity contribution in [2.75, 3.05) is 26.7 Å². The molecule has 11 nitrogen and oxygen atoms in total. The summed E-state index contributed by atoms with van der Waals surface area (Å²) in [5.41, 5.74) is 2.36. The standard InChI is InChI=1S/C36H35N5O6/c1-3-17-39(36(46)37-20-24-11-14-28(47-2)15-12-24)40-23-34(44)41-30(18-25-13-16-31(42)32(43)19-25)35(45)38(22-33(40)41)21-27-9-6-8-26-7-4-5-10-29(26)27/h1,4-16,19,30,33,42-43H,17-18,20-23H2,2H3,(H,37,46)/t30-,33+/m0/s1. The van der Waals surface area contributed by atoms with Gasteiger partial charge in [0.2, 0.25) is 11.8 Å². The Bertz CT molecular complexity index is 1850. The van der Waals surface area contributed by atoms with Gasteiger partial charge in [0.15, 0.2) is 11.5 Å². The van der Waals surface area contributed by atoms with Gasteiger partial charge in [-0.05, 0) is 51.7 Å². The average Bonchev–Trinajstić information content (AvgIpc) is 3.41. The summed E-state index contributed by atoms with van der Waals surface area (Å²) in [6.45, 7) is 0.383. The fraction of sp³-hybridized carbons (Fsp3) is 0.250. The lowest BCUT2D eigenvalue weighted by Crippen LogP contribution is -2.66. The highest BCUT2D eigenvalue weighted by Crippen LogP contribution is 2.33. The summed E-state index contributed by atoms with van der Waals surface area (Å²) >= 11 is 0. The summed E-state index contributed by atoms with van der Waals surface area (Å²) in [4.78, 5) is 44.8. The van der Waals surface area contributed by atoms with E-state index in [0.717, 1.165) is 21.9 Å². The molecule has 240 valence electrons. The molecule has 2 aliphatic heterocycles. The van der Waals surface area contributed by atoms with Gasteiger partial charge in [0.1, 0.15) is 18.0 Å². The van der Waals surface area contributed by atoms with Crippen molar-refractivity contribution in [1.82, 2.24) is 25.1 Å². The number of benzene rings is 4. The summed E-state index contributed by atoms with van der Waals surface area (Å²) in [5.74, 6) is 2.04. The monoisotopic (exact) mass is 633 g/mol. The van der Waals surface area contributed by atoms with Gasteiger partial charge in [0.05, 0.1) is 26.7 Å². The normalized spacial score (nSPS) is 17.8. The fourth-order valence-electron chi connectivity index (χ4n) is 6.32. The molecule has 2 atom stereocenters. The van der Waals surface area contributed by atoms with Gasteiger partial charge in [-0.15, -0.1) is 6.42 Å². The largest absolute Gasteiger partial charge is 0.504 e. The second kappa shape index (κ2) is 13.3. The molecule has 3 N–H and O–H groups in total. The van der Waals surface area contributed by atoms with Crippen LogP contribution >= 0.6 is 0 Å². The van der Waals surface area contributed by atoms with Crippen LogP contribution in [-0.4, -0.2) is 86.8 Å². The number of ether oxygens (including phenoxy) is 1. The van der Waals surface area contributed by atoms with E-state index in [1.54, 1.807) is 35.2 Å². The molecular weight excluding hydrogens is 598 g/mol. The summed E-state index contributed by atoms with van der Waals surface area (Å²) < 4.78 is 5.21. The molecule has 2 saturated heterocycles. The second-order valence-electron chi connectivity index (χ2n) is 11.5. The topological polar surface area (TPSA) is 126 Å². The van der Waals surface area contributed by atoms with Crippen molar-refractivity contribution in [2.45, 2.75) is 31.7 Å². The number of phenolic OH excluding ortho intramolecular Hbond substituents is 2. The Morgan fingerprint density at radius 1 is 1.00 bits per heavy atom. The van der Waals surface area contributed by atoms with E-state index in [0.29, 0.717) is 11.3 Å². The molecule has 0 unspecified atom stereocenters. The quantitative estimate of drug-likeness (QED) is 0.191. The maximum absolute atomic E-state index is 14.2. The molecule has 2 aliphatic rings. The van der Waals surface area contributed by atoms with Crippen LogP contribution in [0.3, 0.4) is 0 Å². The molecule has 11 heteroatoms. The van der Waals surface area contributed by atoms with E-state index in [1.807, 2.05) is 54.6 Å². The smallest absolute Gasteiger partial charge is 0.333 e. The number of nitrogens with one attached hydrogen (secondary N) is 1. The predicted octanol–water partition coefficient (Wildman–Crippen LogP) is 3.44. The molecule has 0 bridgehead atoms. The minimum Gasteiger partial charge on any atom is -0.504 e. The van der Waals surface area contributed by atoms with Crippen molar-refractivity contribution < 1.29 is 29.3 Å². The van der Waals surface area contributed by atoms with Gasteiger partial charge in [0, 0.05) is 19.5 Å². The Balaban J connectivity index is 1.31. The first-order valence-electron chi connectivity index (χ1n) is 15.2. The predicted molar refractivity (Wildman–Crippen MR) is 175 cm³/mol. The van der Waals surface area contributed by atoms with Gasteiger partial charge < -0.3 is 30.1 Å². The lowest BCUT2D eigenvalue weighted by Gasteiger charge is -2.46. The van der Waals surface area contributed by atoms with Gasteiger partial charge >= 0.3 is 6.03 Å². The first-order valence-corrected chi connectivity index (χ1v) is 15.2.